The van der Waals surface area contributed by atoms with E-state index in [2.05, 4.69) is 37.3 Å². The molecular formula is C49H68N3O13PS2. The number of aromatic amines is 1. The smallest absolute Gasteiger partial charge is 0.328 e. The van der Waals surface area contributed by atoms with Gasteiger partial charge in [-0.05, 0) is 68.7 Å². The summed E-state index contributed by atoms with van der Waals surface area (Å²) in [5, 5.41) is 0. The van der Waals surface area contributed by atoms with E-state index in [9.17, 15) is 9.59 Å². The summed E-state index contributed by atoms with van der Waals surface area (Å²) in [6.45, 7) is 11.4. The van der Waals surface area contributed by atoms with E-state index in [1.54, 1.807) is 50.0 Å². The summed E-state index contributed by atoms with van der Waals surface area (Å²) in [6, 6.07) is 27.1. The number of methoxy groups -OCH3 is 4. The third-order valence-corrected chi connectivity index (χ3v) is 16.2. The molecule has 3 heterocycles. The number of rotatable bonds is 28. The van der Waals surface area contributed by atoms with Gasteiger partial charge in [0, 0.05) is 50.1 Å². The van der Waals surface area contributed by atoms with Gasteiger partial charge in [0.2, 0.25) is 0 Å². The zero-order chi connectivity index (χ0) is 48.5. The minimum absolute atomic E-state index is 0.0140. The van der Waals surface area contributed by atoms with E-state index < -0.39 is 49.8 Å². The molecule has 19 heteroatoms. The fourth-order valence-electron chi connectivity index (χ4n) is 8.31. The summed E-state index contributed by atoms with van der Waals surface area (Å²) in [5.41, 5.74) is 0.343. The molecule has 374 valence electrons. The van der Waals surface area contributed by atoms with Crippen LogP contribution in [0.2, 0.25) is 0 Å². The van der Waals surface area contributed by atoms with Gasteiger partial charge in [-0.3, -0.25) is 14.3 Å². The molecule has 7 atom stereocenters. The maximum atomic E-state index is 13.1. The second kappa shape index (κ2) is 27.3. The lowest BCUT2D eigenvalue weighted by Gasteiger charge is -2.42. The van der Waals surface area contributed by atoms with Gasteiger partial charge in [-0.15, -0.1) is 0 Å². The number of benzene rings is 3. The molecule has 6 rings (SSSR count). The molecule has 16 nitrogen and oxygen atoms in total. The van der Waals surface area contributed by atoms with Gasteiger partial charge in [0.25, 0.3) is 14.1 Å². The molecule has 2 aliphatic rings. The van der Waals surface area contributed by atoms with Crippen LogP contribution in [0.5, 0.6) is 11.5 Å². The molecular weight excluding hydrogens is 934 g/mol. The zero-order valence-corrected chi connectivity index (χ0v) is 42.8. The van der Waals surface area contributed by atoms with Crippen molar-refractivity contribution in [1.29, 1.82) is 0 Å². The van der Waals surface area contributed by atoms with Crippen LogP contribution in [0.3, 0.4) is 0 Å². The monoisotopic (exact) mass is 1000 g/mol. The molecule has 2 unspecified atom stereocenters. The van der Waals surface area contributed by atoms with Gasteiger partial charge in [-0.2, -0.15) is 0 Å². The molecule has 2 fully saturated rings. The van der Waals surface area contributed by atoms with E-state index in [1.807, 2.05) is 78.9 Å². The van der Waals surface area contributed by atoms with Crippen LogP contribution in [0, 0.1) is 0 Å². The molecule has 1 aromatic heterocycles. The number of hydrogen-bond donors (Lipinski definition) is 1. The molecule has 0 saturated carbocycles. The molecule has 1 N–H and O–H groups in total. The molecule has 0 amide bonds. The van der Waals surface area contributed by atoms with Gasteiger partial charge >= 0.3 is 5.69 Å². The number of H-pyrrole nitrogens is 1. The summed E-state index contributed by atoms with van der Waals surface area (Å²) >= 11 is 0. The van der Waals surface area contributed by atoms with Crippen molar-refractivity contribution in [1.82, 2.24) is 14.2 Å². The molecule has 4 aromatic rings. The van der Waals surface area contributed by atoms with Crippen molar-refractivity contribution >= 4 is 30.1 Å². The Morgan fingerprint density at radius 3 is 1.84 bits per heavy atom. The molecule has 3 aromatic carbocycles. The van der Waals surface area contributed by atoms with Crippen LogP contribution in [0.1, 0.15) is 44.4 Å². The van der Waals surface area contributed by atoms with Crippen molar-refractivity contribution in [3.05, 3.63) is 129 Å². The van der Waals surface area contributed by atoms with E-state index in [1.165, 1.54) is 16.8 Å². The Morgan fingerprint density at radius 1 is 0.706 bits per heavy atom. The van der Waals surface area contributed by atoms with Crippen LogP contribution < -0.4 is 20.7 Å². The number of hydrogen-bond acceptors (Lipinski definition) is 16. The molecule has 2 aliphatic heterocycles. The summed E-state index contributed by atoms with van der Waals surface area (Å²) in [5.74, 6) is 2.80. The van der Waals surface area contributed by atoms with E-state index in [-0.39, 0.29) is 37.4 Å². The molecule has 0 aliphatic carbocycles. The lowest BCUT2D eigenvalue weighted by Crippen LogP contribution is -2.45. The van der Waals surface area contributed by atoms with Crippen molar-refractivity contribution in [2.45, 2.75) is 88.5 Å². The highest BCUT2D eigenvalue weighted by molar-refractivity contribution is 8.76. The number of nitrogens with one attached hydrogen (secondary N) is 1. The minimum Gasteiger partial charge on any atom is -0.497 e. The Balaban J connectivity index is 1.35. The number of aromatic nitrogens is 2. The Kier molecular flexibility index (Phi) is 21.7. The fourth-order valence-corrected chi connectivity index (χ4v) is 12.8. The summed E-state index contributed by atoms with van der Waals surface area (Å²) in [4.78, 5) is 27.6. The highest BCUT2D eigenvalue weighted by atomic mass is 33.1. The number of nitrogens with zero attached hydrogens (tertiary/aromatic N) is 2. The van der Waals surface area contributed by atoms with Gasteiger partial charge in [0.1, 0.15) is 47.6 Å². The second-order valence-corrected chi connectivity index (χ2v) is 20.6. The topological polar surface area (TPSA) is 160 Å². The first-order chi connectivity index (χ1) is 33.0. The summed E-state index contributed by atoms with van der Waals surface area (Å²) < 4.78 is 72.9. The summed E-state index contributed by atoms with van der Waals surface area (Å²) in [7, 11) is 8.21. The Morgan fingerprint density at radius 2 is 1.28 bits per heavy atom. The Labute approximate surface area is 409 Å². The largest absolute Gasteiger partial charge is 0.497 e. The molecule has 0 radical (unpaired) electrons. The third-order valence-electron chi connectivity index (χ3n) is 11.6. The van der Waals surface area contributed by atoms with Crippen molar-refractivity contribution in [3.63, 3.8) is 0 Å². The molecule has 68 heavy (non-hydrogen) atoms. The maximum Gasteiger partial charge on any atom is 0.328 e. The third kappa shape index (κ3) is 14.2. The molecule has 0 bridgehead atoms. The quantitative estimate of drug-likeness (QED) is 0.0270. The van der Waals surface area contributed by atoms with E-state index in [0.29, 0.717) is 56.9 Å². The van der Waals surface area contributed by atoms with Gasteiger partial charge in [-0.25, -0.2) is 9.46 Å². The summed E-state index contributed by atoms with van der Waals surface area (Å²) in [6.07, 6.45) is -2.01. The van der Waals surface area contributed by atoms with Crippen molar-refractivity contribution in [3.8, 4) is 11.5 Å². The maximum absolute atomic E-state index is 13.1. The fraction of sp³-hybridized carbons (Fsp3) is 0.551. The van der Waals surface area contributed by atoms with Crippen LogP contribution >= 0.6 is 30.1 Å². The second-order valence-electron chi connectivity index (χ2n) is 16.7. The van der Waals surface area contributed by atoms with Crippen LogP contribution in [0.4, 0.5) is 0 Å². The molecule has 2 saturated heterocycles. The number of ether oxygens (including phenoxy) is 9. The predicted octanol–water partition coefficient (Wildman–Crippen LogP) is 6.92. The molecule has 0 spiro atoms. The van der Waals surface area contributed by atoms with Gasteiger partial charge in [0.15, 0.2) is 0 Å². The predicted molar refractivity (Wildman–Crippen MR) is 266 cm³/mol. The highest BCUT2D eigenvalue weighted by Gasteiger charge is 2.51. The van der Waals surface area contributed by atoms with E-state index >= 15 is 0 Å². The first kappa shape index (κ1) is 54.0. The van der Waals surface area contributed by atoms with Crippen LogP contribution in [0.15, 0.2) is 101 Å². The van der Waals surface area contributed by atoms with Crippen molar-refractivity contribution in [2.75, 3.05) is 86.2 Å². The lowest BCUT2D eigenvalue weighted by molar-refractivity contribution is -0.0838. The van der Waals surface area contributed by atoms with Crippen LogP contribution in [-0.4, -0.2) is 149 Å². The van der Waals surface area contributed by atoms with Crippen molar-refractivity contribution < 1.29 is 51.7 Å². The van der Waals surface area contributed by atoms with Crippen molar-refractivity contribution in [2.24, 2.45) is 0 Å². The average Bonchev–Trinajstić information content (AvgIpc) is 3.67. The Hall–Kier alpha value is -3.33. The SMILES string of the molecule is COCCOCCOCCO[C@@H]1CSSC[C@H]1OP(O[C@@H]1[C@@H](COC(c2ccccc2)(c2ccc(OC)cc2)c2ccc(OC)cc2)OC(Cn2ccc(=O)[nH]c2=O)[C@@H]1OC)N(C(C)C)C(C)C. The Bertz CT molecular complexity index is 2130. The minimum atomic E-state index is -1.81. The lowest BCUT2D eigenvalue weighted by atomic mass is 9.80. The first-order valence-electron chi connectivity index (χ1n) is 22.9. The van der Waals surface area contributed by atoms with Crippen LogP contribution in [-0.2, 0) is 54.4 Å². The zero-order valence-electron chi connectivity index (χ0n) is 40.3. The average molecular weight is 1000 g/mol. The van der Waals surface area contributed by atoms with E-state index in [0.717, 1.165) is 22.4 Å². The van der Waals surface area contributed by atoms with Crippen LogP contribution in [0.25, 0.3) is 0 Å². The van der Waals surface area contributed by atoms with Gasteiger partial charge in [-0.1, -0.05) is 76.2 Å². The van der Waals surface area contributed by atoms with Gasteiger partial charge in [0.05, 0.1) is 73.1 Å². The highest BCUT2D eigenvalue weighted by Crippen LogP contribution is 2.53. The normalized spacial score (nSPS) is 21.5. The van der Waals surface area contributed by atoms with E-state index in [4.69, 9.17) is 51.7 Å². The van der Waals surface area contributed by atoms with Gasteiger partial charge < -0.3 is 51.7 Å². The first-order valence-corrected chi connectivity index (χ1v) is 26.5. The standard InChI is InChI=1S/C49H68N3O13PS2/c1-34(2)52(35(3)4)66(64-44-33-68-67-32-43(44)61-29-28-60-27-26-59-25-24-55-5)65-47-42(63-41(46(47)58-8)30-51-23-22-45(53)50-48(51)54)31-62-49(36-12-10-9-11-13-36,37-14-18-39(56-6)19-15-37)38-16-20-40(57-7)21-17-38/h9-23,34-35,41-44,46-47H,24-33H2,1-8H3,(H,50,53,54)/t41?,42-,43-,44-,46+,47-,66?/m1/s1.